The first-order valence-electron chi connectivity index (χ1n) is 8.29. The zero-order valence-electron chi connectivity index (χ0n) is 12.9. The maximum atomic E-state index is 6.57. The van der Waals surface area contributed by atoms with E-state index >= 15 is 0 Å². The summed E-state index contributed by atoms with van der Waals surface area (Å²) in [5.74, 6) is 0.681. The Balaban J connectivity index is 0.00000144. The third-order valence-corrected chi connectivity index (χ3v) is 5.36. The average molecular weight is 314 g/mol. The Morgan fingerprint density at radius 2 is 1.59 bits per heavy atom. The molecule has 1 atom stereocenters. The average Bonchev–Trinajstić information content (AvgIpc) is 2.92. The fourth-order valence-corrected chi connectivity index (χ4v) is 4.14. The minimum absolute atomic E-state index is 0. The number of hydrogen-bond donors (Lipinski definition) is 1. The highest BCUT2D eigenvalue weighted by Gasteiger charge is 2.24. The molecule has 2 aliphatic carbocycles. The summed E-state index contributed by atoms with van der Waals surface area (Å²) in [6.07, 6.45) is 7.78. The van der Waals surface area contributed by atoms with Gasteiger partial charge in [0.2, 0.25) is 0 Å². The summed E-state index contributed by atoms with van der Waals surface area (Å²) in [7, 11) is 0. The van der Waals surface area contributed by atoms with Gasteiger partial charge in [-0.2, -0.15) is 0 Å². The molecule has 2 aromatic rings. The van der Waals surface area contributed by atoms with Crippen LogP contribution >= 0.6 is 12.4 Å². The van der Waals surface area contributed by atoms with E-state index in [-0.39, 0.29) is 18.4 Å². The van der Waals surface area contributed by atoms with Crippen LogP contribution in [0.1, 0.15) is 54.8 Å². The Kier molecular flexibility index (Phi) is 4.56. The van der Waals surface area contributed by atoms with Crippen molar-refractivity contribution in [2.75, 3.05) is 0 Å². The number of rotatable bonds is 2. The van der Waals surface area contributed by atoms with Crippen LogP contribution < -0.4 is 5.73 Å². The molecule has 4 rings (SSSR count). The van der Waals surface area contributed by atoms with Crippen molar-refractivity contribution in [3.63, 3.8) is 0 Å². The molecule has 0 unspecified atom stereocenters. The lowest BCUT2D eigenvalue weighted by atomic mass is 9.81. The number of hydrogen-bond acceptors (Lipinski definition) is 1. The van der Waals surface area contributed by atoms with Gasteiger partial charge < -0.3 is 5.73 Å². The van der Waals surface area contributed by atoms with Gasteiger partial charge in [0.25, 0.3) is 0 Å². The van der Waals surface area contributed by atoms with Gasteiger partial charge in [-0.3, -0.25) is 0 Å². The van der Waals surface area contributed by atoms with Crippen molar-refractivity contribution in [2.24, 2.45) is 11.7 Å². The first-order valence-corrected chi connectivity index (χ1v) is 8.29. The van der Waals surface area contributed by atoms with E-state index in [1.165, 1.54) is 59.9 Å². The van der Waals surface area contributed by atoms with Crippen LogP contribution in [-0.4, -0.2) is 0 Å². The van der Waals surface area contributed by atoms with E-state index < -0.39 is 0 Å². The quantitative estimate of drug-likeness (QED) is 0.686. The third-order valence-electron chi connectivity index (χ3n) is 5.36. The van der Waals surface area contributed by atoms with Crippen LogP contribution in [0.25, 0.3) is 11.1 Å². The summed E-state index contributed by atoms with van der Waals surface area (Å²) in [6.45, 7) is 0. The fourth-order valence-electron chi connectivity index (χ4n) is 4.14. The van der Waals surface area contributed by atoms with E-state index in [0.29, 0.717) is 5.92 Å². The van der Waals surface area contributed by atoms with E-state index in [4.69, 9.17) is 5.73 Å². The van der Waals surface area contributed by atoms with Gasteiger partial charge in [0, 0.05) is 6.04 Å². The van der Waals surface area contributed by atoms with Crippen LogP contribution in [0.3, 0.4) is 0 Å². The summed E-state index contributed by atoms with van der Waals surface area (Å²) in [5.41, 5.74) is 13.6. The van der Waals surface area contributed by atoms with Gasteiger partial charge in [0.05, 0.1) is 0 Å². The summed E-state index contributed by atoms with van der Waals surface area (Å²) in [4.78, 5) is 0. The van der Waals surface area contributed by atoms with E-state index in [1.54, 1.807) is 0 Å². The molecule has 0 bridgehead atoms. The molecule has 22 heavy (non-hydrogen) atoms. The second-order valence-electron chi connectivity index (χ2n) is 6.67. The maximum Gasteiger partial charge on any atom is 0.0323 e. The molecule has 0 spiro atoms. The van der Waals surface area contributed by atoms with Crippen molar-refractivity contribution >= 4 is 12.4 Å². The second-order valence-corrected chi connectivity index (χ2v) is 6.67. The van der Waals surface area contributed by atoms with E-state index in [0.717, 1.165) is 6.42 Å². The number of benzene rings is 2. The smallest absolute Gasteiger partial charge is 0.0323 e. The Labute approximate surface area is 139 Å². The maximum absolute atomic E-state index is 6.57. The van der Waals surface area contributed by atoms with Gasteiger partial charge in [-0.05, 0) is 53.0 Å². The standard InChI is InChI=1S/C20H23N.ClH/c21-20(14-6-2-1-3-7-14)16-10-11-19-17(13-16)12-15-8-4-5-9-18(15)19;/h4-5,8-11,13-14,20H,1-3,6-7,12,21H2;1H/t20-;/m1./s1. The SMILES string of the molecule is Cl.N[C@@H](c1ccc2c(c1)Cc1ccccc1-2)C1CCCCC1. The van der Waals surface area contributed by atoms with Gasteiger partial charge in [-0.25, -0.2) is 0 Å². The summed E-state index contributed by atoms with van der Waals surface area (Å²) < 4.78 is 0. The summed E-state index contributed by atoms with van der Waals surface area (Å²) >= 11 is 0. The van der Waals surface area contributed by atoms with Crippen LogP contribution in [-0.2, 0) is 6.42 Å². The second kappa shape index (κ2) is 6.44. The van der Waals surface area contributed by atoms with Crippen molar-refractivity contribution in [3.05, 3.63) is 59.2 Å². The van der Waals surface area contributed by atoms with Crippen LogP contribution in [0.4, 0.5) is 0 Å². The van der Waals surface area contributed by atoms with Crippen LogP contribution in [0, 0.1) is 5.92 Å². The molecule has 0 amide bonds. The molecule has 2 aromatic carbocycles. The summed E-state index contributed by atoms with van der Waals surface area (Å²) in [5, 5.41) is 0. The first kappa shape index (κ1) is 15.6. The Hall–Kier alpha value is -1.31. The molecular weight excluding hydrogens is 290 g/mol. The molecular formula is C20H24ClN. The lowest BCUT2D eigenvalue weighted by Crippen LogP contribution is -2.23. The number of halogens is 1. The molecule has 1 fully saturated rings. The lowest BCUT2D eigenvalue weighted by Gasteiger charge is -2.28. The highest BCUT2D eigenvalue weighted by molar-refractivity contribution is 5.85. The molecule has 2 aliphatic rings. The third kappa shape index (κ3) is 2.68. The zero-order valence-corrected chi connectivity index (χ0v) is 13.7. The Morgan fingerprint density at radius 1 is 0.864 bits per heavy atom. The van der Waals surface area contributed by atoms with Crippen molar-refractivity contribution in [3.8, 4) is 11.1 Å². The molecule has 1 nitrogen and oxygen atoms in total. The highest BCUT2D eigenvalue weighted by atomic mass is 35.5. The molecule has 0 aromatic heterocycles. The largest absolute Gasteiger partial charge is 0.324 e. The van der Waals surface area contributed by atoms with Crippen LogP contribution in [0.5, 0.6) is 0 Å². The fraction of sp³-hybridized carbons (Fsp3) is 0.400. The Morgan fingerprint density at radius 3 is 2.41 bits per heavy atom. The van der Waals surface area contributed by atoms with Gasteiger partial charge in [0.1, 0.15) is 0 Å². The predicted octanol–water partition coefficient (Wildman–Crippen LogP) is 5.26. The normalized spacial score (nSPS) is 18.2. The van der Waals surface area contributed by atoms with Crippen molar-refractivity contribution in [2.45, 2.75) is 44.6 Å². The van der Waals surface area contributed by atoms with Crippen molar-refractivity contribution in [1.82, 2.24) is 0 Å². The van der Waals surface area contributed by atoms with Crippen LogP contribution in [0.15, 0.2) is 42.5 Å². The number of nitrogens with two attached hydrogens (primary N) is 1. The Bertz CT molecular complexity index is 659. The van der Waals surface area contributed by atoms with Crippen LogP contribution in [0.2, 0.25) is 0 Å². The lowest BCUT2D eigenvalue weighted by molar-refractivity contribution is 0.308. The molecule has 0 saturated heterocycles. The number of fused-ring (bicyclic) bond motifs is 3. The monoisotopic (exact) mass is 313 g/mol. The van der Waals surface area contributed by atoms with E-state index in [1.807, 2.05) is 0 Å². The molecule has 0 heterocycles. The van der Waals surface area contributed by atoms with E-state index in [9.17, 15) is 0 Å². The molecule has 2 N–H and O–H groups in total. The molecule has 1 saturated carbocycles. The van der Waals surface area contributed by atoms with Gasteiger partial charge in [-0.1, -0.05) is 61.7 Å². The molecule has 0 radical (unpaired) electrons. The van der Waals surface area contributed by atoms with Gasteiger partial charge in [-0.15, -0.1) is 12.4 Å². The molecule has 116 valence electrons. The zero-order chi connectivity index (χ0) is 14.2. The highest BCUT2D eigenvalue weighted by Crippen LogP contribution is 2.39. The minimum atomic E-state index is 0. The molecule has 0 aliphatic heterocycles. The minimum Gasteiger partial charge on any atom is -0.324 e. The van der Waals surface area contributed by atoms with Crippen molar-refractivity contribution < 1.29 is 0 Å². The van der Waals surface area contributed by atoms with Gasteiger partial charge in [0.15, 0.2) is 0 Å². The predicted molar refractivity (Wildman–Crippen MR) is 95.4 cm³/mol. The van der Waals surface area contributed by atoms with Crippen molar-refractivity contribution in [1.29, 1.82) is 0 Å². The summed E-state index contributed by atoms with van der Waals surface area (Å²) in [6, 6.07) is 15.9. The topological polar surface area (TPSA) is 26.0 Å². The van der Waals surface area contributed by atoms with Gasteiger partial charge >= 0.3 is 0 Å². The first-order chi connectivity index (χ1) is 10.3. The van der Waals surface area contributed by atoms with E-state index in [2.05, 4.69) is 42.5 Å². The molecule has 2 heteroatoms.